The van der Waals surface area contributed by atoms with Gasteiger partial charge in [0.2, 0.25) is 5.91 Å². The Morgan fingerprint density at radius 2 is 1.92 bits per heavy atom. The highest BCUT2D eigenvalue weighted by Crippen LogP contribution is 2.16. The summed E-state index contributed by atoms with van der Waals surface area (Å²) >= 11 is 0. The van der Waals surface area contributed by atoms with Gasteiger partial charge in [0.1, 0.15) is 5.82 Å². The van der Waals surface area contributed by atoms with Crippen molar-refractivity contribution in [3.05, 3.63) is 82.7 Å². The molecule has 0 radical (unpaired) electrons. The van der Waals surface area contributed by atoms with Crippen molar-refractivity contribution in [1.29, 1.82) is 0 Å². The van der Waals surface area contributed by atoms with Gasteiger partial charge in [-0.15, -0.1) is 0 Å². The molecule has 1 N–H and O–H groups in total. The van der Waals surface area contributed by atoms with Crippen molar-refractivity contribution in [3.8, 4) is 0 Å². The first-order valence-electron chi connectivity index (χ1n) is 8.44. The van der Waals surface area contributed by atoms with E-state index in [4.69, 9.17) is 0 Å². The molecule has 2 aromatic heterocycles. The van der Waals surface area contributed by atoms with Crippen molar-refractivity contribution in [2.24, 2.45) is 0 Å². The molecule has 1 amide bonds. The first kappa shape index (κ1) is 17.8. The van der Waals surface area contributed by atoms with E-state index in [2.05, 4.69) is 15.2 Å². The van der Waals surface area contributed by atoms with E-state index in [0.29, 0.717) is 13.1 Å². The van der Waals surface area contributed by atoms with E-state index in [9.17, 15) is 9.18 Å². The van der Waals surface area contributed by atoms with Crippen LogP contribution in [0.4, 0.5) is 4.39 Å². The van der Waals surface area contributed by atoms with Gasteiger partial charge in [0, 0.05) is 36.7 Å². The van der Waals surface area contributed by atoms with Gasteiger partial charge in [-0.05, 0) is 43.2 Å². The lowest BCUT2D eigenvalue weighted by molar-refractivity contribution is -0.131. The van der Waals surface area contributed by atoms with Crippen LogP contribution in [0.3, 0.4) is 0 Å². The summed E-state index contributed by atoms with van der Waals surface area (Å²) in [6, 6.07) is 10.1. The van der Waals surface area contributed by atoms with Crippen molar-refractivity contribution in [1.82, 2.24) is 20.1 Å². The van der Waals surface area contributed by atoms with E-state index in [0.717, 1.165) is 28.1 Å². The zero-order valence-corrected chi connectivity index (χ0v) is 14.9. The van der Waals surface area contributed by atoms with Crippen LogP contribution in [0.25, 0.3) is 0 Å². The molecular formula is C20H21FN4O. The predicted octanol–water partition coefficient (Wildman–Crippen LogP) is 3.33. The van der Waals surface area contributed by atoms with Crippen LogP contribution in [0, 0.1) is 19.7 Å². The van der Waals surface area contributed by atoms with Gasteiger partial charge in [-0.2, -0.15) is 5.10 Å². The number of halogens is 1. The van der Waals surface area contributed by atoms with Crippen molar-refractivity contribution in [2.75, 3.05) is 0 Å². The molecule has 5 nitrogen and oxygen atoms in total. The van der Waals surface area contributed by atoms with Crippen LogP contribution in [0.5, 0.6) is 0 Å². The summed E-state index contributed by atoms with van der Waals surface area (Å²) in [7, 11) is 0. The third kappa shape index (κ3) is 4.33. The summed E-state index contributed by atoms with van der Waals surface area (Å²) in [6.07, 6.45) is 3.68. The number of hydrogen-bond acceptors (Lipinski definition) is 3. The molecule has 2 heterocycles. The monoisotopic (exact) mass is 352 g/mol. The minimum Gasteiger partial charge on any atom is -0.334 e. The van der Waals surface area contributed by atoms with Crippen LogP contribution in [-0.4, -0.2) is 26.0 Å². The molecule has 6 heteroatoms. The summed E-state index contributed by atoms with van der Waals surface area (Å²) < 4.78 is 13.5. The van der Waals surface area contributed by atoms with Crippen molar-refractivity contribution >= 4 is 5.91 Å². The number of amides is 1. The number of carbonyl (C=O) groups excluding carboxylic acids is 1. The fourth-order valence-corrected chi connectivity index (χ4v) is 2.90. The second-order valence-corrected chi connectivity index (χ2v) is 6.33. The topological polar surface area (TPSA) is 61.9 Å². The van der Waals surface area contributed by atoms with Crippen LogP contribution >= 0.6 is 0 Å². The number of aryl methyl sites for hydroxylation is 2. The second-order valence-electron chi connectivity index (χ2n) is 6.33. The van der Waals surface area contributed by atoms with Crippen molar-refractivity contribution < 1.29 is 9.18 Å². The summed E-state index contributed by atoms with van der Waals surface area (Å²) in [5.74, 6) is -0.344. The normalized spacial score (nSPS) is 10.7. The third-order valence-electron chi connectivity index (χ3n) is 4.32. The molecule has 0 unspecified atom stereocenters. The number of hydrogen-bond donors (Lipinski definition) is 1. The van der Waals surface area contributed by atoms with Gasteiger partial charge >= 0.3 is 0 Å². The van der Waals surface area contributed by atoms with Gasteiger partial charge in [-0.3, -0.25) is 14.9 Å². The van der Waals surface area contributed by atoms with Gasteiger partial charge < -0.3 is 4.90 Å². The molecule has 0 bridgehead atoms. The van der Waals surface area contributed by atoms with Crippen LogP contribution in [-0.2, 0) is 24.3 Å². The summed E-state index contributed by atoms with van der Waals surface area (Å²) in [5.41, 5.74) is 4.30. The zero-order chi connectivity index (χ0) is 18.5. The summed E-state index contributed by atoms with van der Waals surface area (Å²) in [6.45, 7) is 4.53. The highest BCUT2D eigenvalue weighted by Gasteiger charge is 2.19. The third-order valence-corrected chi connectivity index (χ3v) is 4.32. The van der Waals surface area contributed by atoms with Crippen LogP contribution < -0.4 is 0 Å². The molecule has 3 rings (SSSR count). The quantitative estimate of drug-likeness (QED) is 0.740. The minimum absolute atomic E-state index is 0.0364. The largest absolute Gasteiger partial charge is 0.334 e. The standard InChI is InChI=1S/C20H21FN4O/c1-14-19(15(2)24-23-14)10-20(26)25(13-17-6-4-8-22-11-17)12-16-5-3-7-18(21)9-16/h3-9,11H,10,12-13H2,1-2H3,(H,23,24). The number of nitrogens with one attached hydrogen (secondary N) is 1. The molecule has 0 saturated heterocycles. The number of H-pyrrole nitrogens is 1. The Balaban J connectivity index is 1.82. The first-order chi connectivity index (χ1) is 12.5. The molecule has 1 aromatic carbocycles. The van der Waals surface area contributed by atoms with E-state index in [1.807, 2.05) is 32.0 Å². The van der Waals surface area contributed by atoms with Crippen LogP contribution in [0.2, 0.25) is 0 Å². The molecule has 134 valence electrons. The molecule has 0 aliphatic rings. The Bertz CT molecular complexity index is 872. The Morgan fingerprint density at radius 1 is 1.15 bits per heavy atom. The van der Waals surface area contributed by atoms with Crippen LogP contribution in [0.1, 0.15) is 28.1 Å². The predicted molar refractivity (Wildman–Crippen MR) is 96.7 cm³/mol. The summed E-state index contributed by atoms with van der Waals surface area (Å²) in [5, 5.41) is 7.06. The number of rotatable bonds is 6. The van der Waals surface area contributed by atoms with Gasteiger partial charge in [0.25, 0.3) is 0 Å². The van der Waals surface area contributed by atoms with Crippen molar-refractivity contribution in [2.45, 2.75) is 33.4 Å². The lowest BCUT2D eigenvalue weighted by Gasteiger charge is -2.23. The maximum Gasteiger partial charge on any atom is 0.227 e. The zero-order valence-electron chi connectivity index (χ0n) is 14.9. The van der Waals surface area contributed by atoms with E-state index in [1.54, 1.807) is 23.4 Å². The van der Waals surface area contributed by atoms with E-state index >= 15 is 0 Å². The number of aromatic amines is 1. The molecular weight excluding hydrogens is 331 g/mol. The second kappa shape index (κ2) is 7.91. The molecule has 0 atom stereocenters. The molecule has 0 fully saturated rings. The molecule has 0 aliphatic heterocycles. The molecule has 0 spiro atoms. The average Bonchev–Trinajstić information content (AvgIpc) is 2.94. The number of aromatic nitrogens is 3. The van der Waals surface area contributed by atoms with E-state index in [-0.39, 0.29) is 18.1 Å². The smallest absolute Gasteiger partial charge is 0.227 e. The fourth-order valence-electron chi connectivity index (χ4n) is 2.90. The molecule has 3 aromatic rings. The maximum absolute atomic E-state index is 13.5. The lowest BCUT2D eigenvalue weighted by Crippen LogP contribution is -2.31. The van der Waals surface area contributed by atoms with Gasteiger partial charge in [0.05, 0.1) is 12.1 Å². The highest BCUT2D eigenvalue weighted by atomic mass is 19.1. The van der Waals surface area contributed by atoms with Gasteiger partial charge in [-0.25, -0.2) is 4.39 Å². The Hall–Kier alpha value is -3.02. The Morgan fingerprint density at radius 3 is 2.58 bits per heavy atom. The number of carbonyl (C=O) groups is 1. The number of nitrogens with zero attached hydrogens (tertiary/aromatic N) is 3. The molecule has 0 saturated carbocycles. The minimum atomic E-state index is -0.308. The average molecular weight is 352 g/mol. The SMILES string of the molecule is Cc1n[nH]c(C)c1CC(=O)N(Cc1cccnc1)Cc1cccc(F)c1. The first-order valence-corrected chi connectivity index (χ1v) is 8.44. The fraction of sp³-hybridized carbons (Fsp3) is 0.250. The van der Waals surface area contributed by atoms with E-state index in [1.165, 1.54) is 12.1 Å². The number of benzene rings is 1. The Kier molecular flexibility index (Phi) is 5.41. The number of pyridine rings is 1. The Labute approximate surface area is 151 Å². The van der Waals surface area contributed by atoms with Gasteiger partial charge in [0.15, 0.2) is 0 Å². The highest BCUT2D eigenvalue weighted by molar-refractivity contribution is 5.79. The van der Waals surface area contributed by atoms with Crippen LogP contribution in [0.15, 0.2) is 48.8 Å². The lowest BCUT2D eigenvalue weighted by atomic mass is 10.1. The summed E-state index contributed by atoms with van der Waals surface area (Å²) in [4.78, 5) is 18.8. The maximum atomic E-state index is 13.5. The molecule has 0 aliphatic carbocycles. The molecule has 26 heavy (non-hydrogen) atoms. The van der Waals surface area contributed by atoms with Crippen molar-refractivity contribution in [3.63, 3.8) is 0 Å². The van der Waals surface area contributed by atoms with Gasteiger partial charge in [-0.1, -0.05) is 18.2 Å². The van der Waals surface area contributed by atoms with E-state index < -0.39 is 0 Å².